The summed E-state index contributed by atoms with van der Waals surface area (Å²) in [5.74, 6) is -2.52. The molecular weight excluding hydrogens is 428 g/mol. The predicted molar refractivity (Wildman–Crippen MR) is 120 cm³/mol. The number of hydrogen-bond acceptors (Lipinski definition) is 4. The van der Waals surface area contributed by atoms with Gasteiger partial charge in [-0.25, -0.2) is 5.01 Å². The molecule has 2 fully saturated rings. The summed E-state index contributed by atoms with van der Waals surface area (Å²) < 4.78 is 0. The first-order valence-corrected chi connectivity index (χ1v) is 11.4. The van der Waals surface area contributed by atoms with E-state index in [1.807, 2.05) is 0 Å². The van der Waals surface area contributed by atoms with Crippen LogP contribution in [0, 0.1) is 11.8 Å². The number of rotatable bonds is 6. The molecule has 32 heavy (non-hydrogen) atoms. The number of carbonyl (C=O) groups excluding carboxylic acids is 4. The molecule has 0 bridgehead atoms. The van der Waals surface area contributed by atoms with Crippen LogP contribution in [0.5, 0.6) is 0 Å². The molecule has 6 nitrogen and oxygen atoms in total. The molecule has 0 radical (unpaired) electrons. The number of ketones is 1. The van der Waals surface area contributed by atoms with Gasteiger partial charge in [0.25, 0.3) is 17.7 Å². The number of carbonyl (C=O) groups is 4. The lowest BCUT2D eigenvalue weighted by molar-refractivity contribution is -0.156. The van der Waals surface area contributed by atoms with Gasteiger partial charge in [-0.15, -0.1) is 0 Å². The van der Waals surface area contributed by atoms with Gasteiger partial charge >= 0.3 is 0 Å². The summed E-state index contributed by atoms with van der Waals surface area (Å²) in [4.78, 5) is 53.8. The molecule has 3 atom stereocenters. The van der Waals surface area contributed by atoms with Crippen molar-refractivity contribution in [2.45, 2.75) is 45.1 Å². The van der Waals surface area contributed by atoms with E-state index in [0.717, 1.165) is 22.9 Å². The van der Waals surface area contributed by atoms with Gasteiger partial charge in [0.15, 0.2) is 5.78 Å². The molecule has 3 amide bonds. The number of Topliss-reactive ketones (excluding diaryl/α,β-unsaturated/α-hetero) is 1. The summed E-state index contributed by atoms with van der Waals surface area (Å²) in [6, 6.07) is 13.8. The molecule has 0 aromatic heterocycles. The van der Waals surface area contributed by atoms with Crippen molar-refractivity contribution in [3.8, 4) is 0 Å². The minimum absolute atomic E-state index is 0.249. The first kappa shape index (κ1) is 22.2. The van der Waals surface area contributed by atoms with Gasteiger partial charge in [-0.1, -0.05) is 61.7 Å². The van der Waals surface area contributed by atoms with E-state index in [1.165, 1.54) is 12.1 Å². The van der Waals surface area contributed by atoms with Gasteiger partial charge in [-0.3, -0.25) is 19.2 Å². The van der Waals surface area contributed by atoms with Crippen molar-refractivity contribution in [1.82, 2.24) is 10.0 Å². The van der Waals surface area contributed by atoms with E-state index in [-0.39, 0.29) is 29.6 Å². The third kappa shape index (κ3) is 3.95. The molecule has 1 aliphatic heterocycles. The number of imide groups is 1. The molecule has 0 N–H and O–H groups in total. The first-order valence-electron chi connectivity index (χ1n) is 11.0. The maximum absolute atomic E-state index is 13.7. The number of fused-ring (bicyclic) bond motifs is 1. The highest BCUT2D eigenvalue weighted by atomic mass is 35.5. The Balaban J connectivity index is 1.78. The van der Waals surface area contributed by atoms with Crippen LogP contribution in [0.1, 0.15) is 59.7 Å². The van der Waals surface area contributed by atoms with Gasteiger partial charge in [0.2, 0.25) is 0 Å². The highest BCUT2D eigenvalue weighted by molar-refractivity contribution is 6.30. The van der Waals surface area contributed by atoms with Gasteiger partial charge in [-0.2, -0.15) is 5.01 Å². The van der Waals surface area contributed by atoms with E-state index in [1.54, 1.807) is 49.4 Å². The van der Waals surface area contributed by atoms with Gasteiger partial charge in [0.05, 0.1) is 11.8 Å². The highest BCUT2D eigenvalue weighted by Crippen LogP contribution is 2.39. The smallest absolute Gasteiger partial charge is 0.273 e. The summed E-state index contributed by atoms with van der Waals surface area (Å²) >= 11 is 5.97. The average Bonchev–Trinajstić information content (AvgIpc) is 3.08. The first-order chi connectivity index (χ1) is 15.4. The fraction of sp³-hybridized carbons (Fsp3) is 0.360. The van der Waals surface area contributed by atoms with Crippen LogP contribution in [0.3, 0.4) is 0 Å². The van der Waals surface area contributed by atoms with Crippen molar-refractivity contribution in [3.05, 3.63) is 70.7 Å². The number of hydrazine groups is 1. The maximum Gasteiger partial charge on any atom is 0.273 e. The Morgan fingerprint density at radius 2 is 1.50 bits per heavy atom. The Bertz CT molecular complexity index is 1010. The minimum Gasteiger partial charge on any atom is -0.292 e. The summed E-state index contributed by atoms with van der Waals surface area (Å²) in [7, 11) is 0. The minimum atomic E-state index is -0.992. The van der Waals surface area contributed by atoms with E-state index >= 15 is 0 Å². The molecule has 2 aromatic carbocycles. The van der Waals surface area contributed by atoms with Crippen LogP contribution in [0.2, 0.25) is 5.02 Å². The fourth-order valence-electron chi connectivity index (χ4n) is 4.72. The standard InChI is InChI=1S/C25H25ClN2O4/c1-2-21(22(29)16-8-4-3-5-9-16)27(23(30)17-12-14-18(26)15-13-17)28-24(31)19-10-6-7-11-20(19)25(28)32/h3-5,8-9,12-15,19-21H,2,6-7,10-11H2,1H3/t19-,20+,21-/m1/s1. The van der Waals surface area contributed by atoms with Crippen LogP contribution < -0.4 is 0 Å². The molecule has 2 aromatic rings. The largest absolute Gasteiger partial charge is 0.292 e. The van der Waals surface area contributed by atoms with Crippen molar-refractivity contribution in [3.63, 3.8) is 0 Å². The zero-order valence-electron chi connectivity index (χ0n) is 17.9. The lowest BCUT2D eigenvalue weighted by Gasteiger charge is -2.36. The summed E-state index contributed by atoms with van der Waals surface area (Å²) in [6.45, 7) is 1.77. The van der Waals surface area contributed by atoms with Gasteiger partial charge in [0, 0.05) is 16.1 Å². The van der Waals surface area contributed by atoms with E-state index in [2.05, 4.69) is 0 Å². The maximum atomic E-state index is 13.7. The van der Waals surface area contributed by atoms with Crippen LogP contribution in [0.4, 0.5) is 0 Å². The Morgan fingerprint density at radius 1 is 0.938 bits per heavy atom. The molecule has 7 heteroatoms. The summed E-state index contributed by atoms with van der Waals surface area (Å²) in [5, 5.41) is 2.52. The van der Waals surface area contributed by atoms with Crippen LogP contribution in [-0.4, -0.2) is 39.6 Å². The number of benzene rings is 2. The topological polar surface area (TPSA) is 74.8 Å². The molecule has 2 aliphatic rings. The van der Waals surface area contributed by atoms with Gasteiger partial charge < -0.3 is 0 Å². The third-order valence-corrected chi connectivity index (χ3v) is 6.63. The fourth-order valence-corrected chi connectivity index (χ4v) is 4.84. The zero-order valence-corrected chi connectivity index (χ0v) is 18.6. The van der Waals surface area contributed by atoms with Crippen molar-refractivity contribution in [2.75, 3.05) is 0 Å². The molecule has 1 aliphatic carbocycles. The van der Waals surface area contributed by atoms with Crippen molar-refractivity contribution < 1.29 is 19.2 Å². The van der Waals surface area contributed by atoms with Crippen molar-refractivity contribution in [2.24, 2.45) is 11.8 Å². The molecular formula is C25H25ClN2O4. The molecule has 1 heterocycles. The Labute approximate surface area is 192 Å². The second kappa shape index (κ2) is 9.25. The van der Waals surface area contributed by atoms with Crippen LogP contribution in [-0.2, 0) is 9.59 Å². The Morgan fingerprint density at radius 3 is 2.03 bits per heavy atom. The monoisotopic (exact) mass is 452 g/mol. The average molecular weight is 453 g/mol. The van der Waals surface area contributed by atoms with Gasteiger partial charge in [-0.05, 0) is 43.5 Å². The zero-order chi connectivity index (χ0) is 22.8. The quantitative estimate of drug-likeness (QED) is 0.476. The predicted octanol–water partition coefficient (Wildman–Crippen LogP) is 4.53. The third-order valence-electron chi connectivity index (χ3n) is 6.38. The van der Waals surface area contributed by atoms with E-state index < -0.39 is 23.8 Å². The second-order valence-corrected chi connectivity index (χ2v) is 8.73. The molecule has 0 spiro atoms. The molecule has 4 rings (SSSR count). The highest BCUT2D eigenvalue weighted by Gasteiger charge is 2.53. The Hall–Kier alpha value is -2.99. The Kier molecular flexibility index (Phi) is 6.42. The van der Waals surface area contributed by atoms with E-state index in [0.29, 0.717) is 23.4 Å². The summed E-state index contributed by atoms with van der Waals surface area (Å²) in [6.07, 6.45) is 3.24. The molecule has 1 saturated carbocycles. The molecule has 0 unspecified atom stereocenters. The van der Waals surface area contributed by atoms with E-state index in [4.69, 9.17) is 11.6 Å². The van der Waals surface area contributed by atoms with E-state index in [9.17, 15) is 19.2 Å². The van der Waals surface area contributed by atoms with Crippen LogP contribution >= 0.6 is 11.6 Å². The number of nitrogens with zero attached hydrogens (tertiary/aromatic N) is 2. The number of halogens is 1. The summed E-state index contributed by atoms with van der Waals surface area (Å²) in [5.41, 5.74) is 0.675. The number of hydrogen-bond donors (Lipinski definition) is 0. The SMILES string of the molecule is CC[C@H](C(=O)c1ccccc1)N(C(=O)c1ccc(Cl)cc1)N1C(=O)[C@H]2CCCC[C@H]2C1=O. The lowest BCUT2D eigenvalue weighted by atomic mass is 9.81. The molecule has 166 valence electrons. The normalized spacial score (nSPS) is 21.2. The molecule has 1 saturated heterocycles. The second-order valence-electron chi connectivity index (χ2n) is 8.30. The van der Waals surface area contributed by atoms with Crippen LogP contribution in [0.15, 0.2) is 54.6 Å². The number of amides is 3. The van der Waals surface area contributed by atoms with Gasteiger partial charge in [0.1, 0.15) is 6.04 Å². The lowest BCUT2D eigenvalue weighted by Crippen LogP contribution is -2.57. The van der Waals surface area contributed by atoms with Crippen LogP contribution in [0.25, 0.3) is 0 Å². The van der Waals surface area contributed by atoms with Crippen molar-refractivity contribution >= 4 is 35.1 Å². The van der Waals surface area contributed by atoms with Crippen molar-refractivity contribution in [1.29, 1.82) is 0 Å².